The molecule has 1 aromatic rings. The Labute approximate surface area is 102 Å². The van der Waals surface area contributed by atoms with Crippen molar-refractivity contribution in [2.75, 3.05) is 6.54 Å². The van der Waals surface area contributed by atoms with Gasteiger partial charge in [-0.3, -0.25) is 4.79 Å². The van der Waals surface area contributed by atoms with Gasteiger partial charge in [-0.15, -0.1) is 0 Å². The molecule has 0 radical (unpaired) electrons. The minimum Gasteiger partial charge on any atom is -0.463 e. The van der Waals surface area contributed by atoms with Crippen molar-refractivity contribution in [3.8, 4) is 0 Å². The SMILES string of the molecule is CC(C)OC(=O)C[C@H]1NCCc2ccccc21. The first kappa shape index (κ1) is 12.1. The number of esters is 1. The van der Waals surface area contributed by atoms with Gasteiger partial charge in [0.05, 0.1) is 12.5 Å². The Hall–Kier alpha value is -1.35. The number of carbonyl (C=O) groups is 1. The lowest BCUT2D eigenvalue weighted by molar-refractivity contribution is -0.148. The monoisotopic (exact) mass is 233 g/mol. The topological polar surface area (TPSA) is 38.3 Å². The average Bonchev–Trinajstić information content (AvgIpc) is 2.28. The van der Waals surface area contributed by atoms with Gasteiger partial charge in [0.2, 0.25) is 0 Å². The molecule has 0 aliphatic carbocycles. The lowest BCUT2D eigenvalue weighted by Crippen LogP contribution is -2.32. The molecule has 0 unspecified atom stereocenters. The van der Waals surface area contributed by atoms with Gasteiger partial charge in [-0.2, -0.15) is 0 Å². The van der Waals surface area contributed by atoms with Gasteiger partial charge in [-0.1, -0.05) is 24.3 Å². The van der Waals surface area contributed by atoms with Gasteiger partial charge < -0.3 is 10.1 Å². The van der Waals surface area contributed by atoms with E-state index >= 15 is 0 Å². The predicted molar refractivity (Wildman–Crippen MR) is 66.7 cm³/mol. The first-order chi connectivity index (χ1) is 8.16. The predicted octanol–water partition coefficient (Wildman–Crippen LogP) is 2.22. The molecule has 3 heteroatoms. The van der Waals surface area contributed by atoms with E-state index in [0.717, 1.165) is 13.0 Å². The Morgan fingerprint density at radius 2 is 2.24 bits per heavy atom. The van der Waals surface area contributed by atoms with Crippen molar-refractivity contribution in [1.29, 1.82) is 0 Å². The molecule has 1 heterocycles. The zero-order valence-corrected chi connectivity index (χ0v) is 10.4. The van der Waals surface area contributed by atoms with Crippen LogP contribution in [0.2, 0.25) is 0 Å². The zero-order valence-electron chi connectivity index (χ0n) is 10.4. The largest absolute Gasteiger partial charge is 0.463 e. The quantitative estimate of drug-likeness (QED) is 0.813. The van der Waals surface area contributed by atoms with Gasteiger partial charge in [0.25, 0.3) is 0 Å². The molecule has 0 saturated carbocycles. The van der Waals surface area contributed by atoms with Crippen molar-refractivity contribution in [3.63, 3.8) is 0 Å². The molecule has 1 aliphatic heterocycles. The van der Waals surface area contributed by atoms with Gasteiger partial charge in [0, 0.05) is 6.04 Å². The van der Waals surface area contributed by atoms with Crippen LogP contribution in [0.4, 0.5) is 0 Å². The van der Waals surface area contributed by atoms with E-state index in [2.05, 4.69) is 17.4 Å². The highest BCUT2D eigenvalue weighted by Crippen LogP contribution is 2.25. The fourth-order valence-electron chi connectivity index (χ4n) is 2.25. The van der Waals surface area contributed by atoms with E-state index in [4.69, 9.17) is 4.74 Å². The number of hydrogen-bond acceptors (Lipinski definition) is 3. The summed E-state index contributed by atoms with van der Waals surface area (Å²) in [5.41, 5.74) is 2.58. The first-order valence-corrected chi connectivity index (χ1v) is 6.17. The smallest absolute Gasteiger partial charge is 0.307 e. The molecule has 92 valence electrons. The fourth-order valence-corrected chi connectivity index (χ4v) is 2.25. The summed E-state index contributed by atoms with van der Waals surface area (Å²) < 4.78 is 5.19. The number of hydrogen-bond donors (Lipinski definition) is 1. The van der Waals surface area contributed by atoms with Crippen LogP contribution < -0.4 is 5.32 Å². The van der Waals surface area contributed by atoms with Gasteiger partial charge in [-0.05, 0) is 37.9 Å². The lowest BCUT2D eigenvalue weighted by atomic mass is 9.93. The molecule has 17 heavy (non-hydrogen) atoms. The van der Waals surface area contributed by atoms with Gasteiger partial charge in [0.1, 0.15) is 0 Å². The van der Waals surface area contributed by atoms with Crippen molar-refractivity contribution in [3.05, 3.63) is 35.4 Å². The third kappa shape index (κ3) is 3.07. The molecule has 1 aliphatic rings. The van der Waals surface area contributed by atoms with Gasteiger partial charge in [0.15, 0.2) is 0 Å². The second-order valence-corrected chi connectivity index (χ2v) is 4.70. The molecule has 0 bridgehead atoms. The standard InChI is InChI=1S/C14H19NO2/c1-10(2)17-14(16)9-13-12-6-4-3-5-11(12)7-8-15-13/h3-6,10,13,15H,7-9H2,1-2H3/t13-/m1/s1. The van der Waals surface area contributed by atoms with Crippen LogP contribution in [0, 0.1) is 0 Å². The van der Waals surface area contributed by atoms with E-state index in [0.29, 0.717) is 6.42 Å². The molecule has 1 aromatic carbocycles. The minimum absolute atomic E-state index is 0.0404. The summed E-state index contributed by atoms with van der Waals surface area (Å²) in [6.45, 7) is 4.68. The molecular formula is C14H19NO2. The van der Waals surface area contributed by atoms with Crippen molar-refractivity contribution in [1.82, 2.24) is 5.32 Å². The van der Waals surface area contributed by atoms with Crippen LogP contribution in [0.15, 0.2) is 24.3 Å². The molecule has 3 nitrogen and oxygen atoms in total. The highest BCUT2D eigenvalue weighted by atomic mass is 16.5. The van der Waals surface area contributed by atoms with Crippen molar-refractivity contribution in [2.45, 2.75) is 38.8 Å². The van der Waals surface area contributed by atoms with Gasteiger partial charge >= 0.3 is 5.97 Å². The highest BCUT2D eigenvalue weighted by Gasteiger charge is 2.22. The zero-order chi connectivity index (χ0) is 12.3. The van der Waals surface area contributed by atoms with Crippen LogP contribution in [-0.4, -0.2) is 18.6 Å². The second-order valence-electron chi connectivity index (χ2n) is 4.70. The highest BCUT2D eigenvalue weighted by molar-refractivity contribution is 5.70. The first-order valence-electron chi connectivity index (χ1n) is 6.17. The van der Waals surface area contributed by atoms with E-state index in [9.17, 15) is 4.79 Å². The number of fused-ring (bicyclic) bond motifs is 1. The Bertz CT molecular complexity index is 401. The normalized spacial score (nSPS) is 18.9. The summed E-state index contributed by atoms with van der Waals surface area (Å²) in [5.74, 6) is -0.130. The third-order valence-electron chi connectivity index (χ3n) is 2.95. The van der Waals surface area contributed by atoms with E-state index in [-0.39, 0.29) is 18.1 Å². The molecule has 0 amide bonds. The molecule has 0 fully saturated rings. The number of rotatable bonds is 3. The van der Waals surface area contributed by atoms with Gasteiger partial charge in [-0.25, -0.2) is 0 Å². The second kappa shape index (κ2) is 5.32. The fraction of sp³-hybridized carbons (Fsp3) is 0.500. The van der Waals surface area contributed by atoms with Crippen molar-refractivity contribution < 1.29 is 9.53 Å². The summed E-state index contributed by atoms with van der Waals surface area (Å²) in [6, 6.07) is 8.40. The Balaban J connectivity index is 2.06. The van der Waals surface area contributed by atoms with E-state index in [1.54, 1.807) is 0 Å². The number of carbonyl (C=O) groups excluding carboxylic acids is 1. The van der Waals surface area contributed by atoms with E-state index in [1.807, 2.05) is 26.0 Å². The summed E-state index contributed by atoms with van der Waals surface area (Å²) in [6.07, 6.45) is 1.41. The average molecular weight is 233 g/mol. The summed E-state index contributed by atoms with van der Waals surface area (Å²) in [5, 5.41) is 3.38. The maximum absolute atomic E-state index is 11.7. The molecular weight excluding hydrogens is 214 g/mol. The summed E-state index contributed by atoms with van der Waals surface area (Å²) >= 11 is 0. The molecule has 0 saturated heterocycles. The van der Waals surface area contributed by atoms with Crippen LogP contribution >= 0.6 is 0 Å². The van der Waals surface area contributed by atoms with Crippen LogP contribution in [0.3, 0.4) is 0 Å². The van der Waals surface area contributed by atoms with Crippen LogP contribution in [0.5, 0.6) is 0 Å². The molecule has 0 spiro atoms. The Morgan fingerprint density at radius 1 is 1.47 bits per heavy atom. The maximum atomic E-state index is 11.7. The maximum Gasteiger partial charge on any atom is 0.307 e. The Kier molecular flexibility index (Phi) is 3.79. The molecule has 1 N–H and O–H groups in total. The summed E-state index contributed by atoms with van der Waals surface area (Å²) in [7, 11) is 0. The molecule has 2 rings (SSSR count). The van der Waals surface area contributed by atoms with Crippen LogP contribution in [0.25, 0.3) is 0 Å². The summed E-state index contributed by atoms with van der Waals surface area (Å²) in [4.78, 5) is 11.7. The van der Waals surface area contributed by atoms with E-state index < -0.39 is 0 Å². The van der Waals surface area contributed by atoms with Crippen molar-refractivity contribution in [2.24, 2.45) is 0 Å². The minimum atomic E-state index is -0.130. The third-order valence-corrected chi connectivity index (χ3v) is 2.95. The van der Waals surface area contributed by atoms with E-state index in [1.165, 1.54) is 11.1 Å². The van der Waals surface area contributed by atoms with Crippen LogP contribution in [0.1, 0.15) is 37.4 Å². The van der Waals surface area contributed by atoms with Crippen LogP contribution in [-0.2, 0) is 16.0 Å². The Morgan fingerprint density at radius 3 is 3.00 bits per heavy atom. The number of nitrogens with one attached hydrogen (secondary N) is 1. The molecule has 1 atom stereocenters. The molecule has 0 aromatic heterocycles. The lowest BCUT2D eigenvalue weighted by Gasteiger charge is -2.26. The van der Waals surface area contributed by atoms with Crippen molar-refractivity contribution >= 4 is 5.97 Å². The number of ether oxygens (including phenoxy) is 1. The number of benzene rings is 1.